The van der Waals surface area contributed by atoms with E-state index in [1.807, 2.05) is 12.1 Å². The van der Waals surface area contributed by atoms with Gasteiger partial charge in [-0.15, -0.1) is 0 Å². The smallest absolute Gasteiger partial charge is 0.327 e. The van der Waals surface area contributed by atoms with E-state index in [-0.39, 0.29) is 22.9 Å². The molecule has 144 valence electrons. The standard InChI is InChI=1S/C20H11Br2N3O4/c21-10-5-7(6-11(22)17(10)27)12-13-15(8-3-1-2-4-9(8)16(13)26)23-18-14(12)19(28)25-20(29)24-18/h1-6,12,27H,(H3,23,24,25,28,29)/t12-/m1/s1. The average Bonchev–Trinajstić information content (AvgIpc) is 2.96. The molecule has 1 aliphatic heterocycles. The Hall–Kier alpha value is -2.91. The zero-order chi connectivity index (χ0) is 20.4. The minimum Gasteiger partial charge on any atom is -0.506 e. The molecule has 1 atom stereocenters. The maximum absolute atomic E-state index is 13.3. The van der Waals surface area contributed by atoms with E-state index in [2.05, 4.69) is 47.1 Å². The van der Waals surface area contributed by atoms with Gasteiger partial charge in [0.15, 0.2) is 5.78 Å². The number of aromatic hydroxyl groups is 1. The van der Waals surface area contributed by atoms with Crippen molar-refractivity contribution in [2.24, 2.45) is 0 Å². The zero-order valence-electron chi connectivity index (χ0n) is 14.5. The molecule has 0 fully saturated rings. The average molecular weight is 517 g/mol. The number of benzene rings is 2. The summed E-state index contributed by atoms with van der Waals surface area (Å²) in [5, 5.41) is 13.2. The second-order valence-corrected chi connectivity index (χ2v) is 8.46. The number of aromatic nitrogens is 2. The Kier molecular flexibility index (Phi) is 3.94. The number of aromatic amines is 2. The molecule has 2 heterocycles. The van der Waals surface area contributed by atoms with Gasteiger partial charge in [0.1, 0.15) is 11.6 Å². The van der Waals surface area contributed by atoms with Crippen LogP contribution in [0.5, 0.6) is 5.75 Å². The maximum Gasteiger partial charge on any atom is 0.327 e. The van der Waals surface area contributed by atoms with Gasteiger partial charge >= 0.3 is 5.69 Å². The number of halogens is 2. The van der Waals surface area contributed by atoms with Gasteiger partial charge in [0, 0.05) is 22.6 Å². The first-order chi connectivity index (χ1) is 13.9. The molecule has 0 saturated heterocycles. The van der Waals surface area contributed by atoms with Crippen LogP contribution in [0.15, 0.2) is 60.5 Å². The maximum atomic E-state index is 13.3. The predicted octanol–water partition coefficient (Wildman–Crippen LogP) is 3.46. The highest BCUT2D eigenvalue weighted by Crippen LogP contribution is 2.49. The summed E-state index contributed by atoms with van der Waals surface area (Å²) in [6.45, 7) is 0. The number of hydrogen-bond acceptors (Lipinski definition) is 5. The fraction of sp³-hybridized carbons (Fsp3) is 0.0500. The third kappa shape index (κ3) is 2.57. The lowest BCUT2D eigenvalue weighted by Crippen LogP contribution is -2.33. The number of allylic oxidation sites excluding steroid dienone is 1. The summed E-state index contributed by atoms with van der Waals surface area (Å²) >= 11 is 6.62. The Labute approximate surface area is 179 Å². The number of phenolic OH excluding ortho intramolecular Hbond substituents is 1. The van der Waals surface area contributed by atoms with Gasteiger partial charge in [-0.1, -0.05) is 24.3 Å². The normalized spacial score (nSPS) is 16.9. The van der Waals surface area contributed by atoms with Crippen LogP contribution in [-0.2, 0) is 0 Å². The number of ketones is 1. The van der Waals surface area contributed by atoms with E-state index >= 15 is 0 Å². The van der Waals surface area contributed by atoms with Crippen molar-refractivity contribution in [3.8, 4) is 5.75 Å². The molecule has 9 heteroatoms. The van der Waals surface area contributed by atoms with E-state index in [0.29, 0.717) is 36.9 Å². The third-order valence-electron chi connectivity index (χ3n) is 5.13. The fourth-order valence-electron chi connectivity index (χ4n) is 3.94. The first-order valence-electron chi connectivity index (χ1n) is 8.56. The van der Waals surface area contributed by atoms with Crippen LogP contribution in [0.25, 0.3) is 5.70 Å². The Morgan fingerprint density at radius 1 is 0.931 bits per heavy atom. The number of nitrogens with one attached hydrogen (secondary N) is 3. The van der Waals surface area contributed by atoms with Crippen LogP contribution >= 0.6 is 31.9 Å². The highest BCUT2D eigenvalue weighted by Gasteiger charge is 2.42. The van der Waals surface area contributed by atoms with Crippen LogP contribution in [0.1, 0.15) is 33.0 Å². The summed E-state index contributed by atoms with van der Waals surface area (Å²) in [4.78, 5) is 42.8. The lowest BCUT2D eigenvalue weighted by molar-refractivity contribution is 0.103. The quantitative estimate of drug-likeness (QED) is 0.395. The number of hydrogen-bond donors (Lipinski definition) is 4. The van der Waals surface area contributed by atoms with Gasteiger partial charge in [0.05, 0.1) is 20.2 Å². The minimum atomic E-state index is -0.741. The molecular formula is C20H11Br2N3O4. The van der Waals surface area contributed by atoms with E-state index in [4.69, 9.17) is 0 Å². The van der Waals surface area contributed by atoms with E-state index in [0.717, 1.165) is 0 Å². The second kappa shape index (κ2) is 6.30. The van der Waals surface area contributed by atoms with E-state index in [9.17, 15) is 19.5 Å². The summed E-state index contributed by atoms with van der Waals surface area (Å²) in [7, 11) is 0. The molecule has 1 aromatic heterocycles. The summed E-state index contributed by atoms with van der Waals surface area (Å²) in [6.07, 6.45) is 0. The van der Waals surface area contributed by atoms with Crippen LogP contribution in [0.2, 0.25) is 0 Å². The Bertz CT molecular complexity index is 1360. The summed E-state index contributed by atoms with van der Waals surface area (Å²) in [5.41, 5.74) is 1.82. The molecule has 0 amide bonds. The van der Waals surface area contributed by atoms with E-state index < -0.39 is 17.2 Å². The van der Waals surface area contributed by atoms with Crippen molar-refractivity contribution in [1.82, 2.24) is 9.97 Å². The van der Waals surface area contributed by atoms with Gasteiger partial charge in [-0.25, -0.2) is 4.79 Å². The second-order valence-electron chi connectivity index (χ2n) is 6.75. The molecule has 0 unspecified atom stereocenters. The van der Waals surface area contributed by atoms with Crippen molar-refractivity contribution < 1.29 is 9.90 Å². The number of phenols is 1. The summed E-state index contributed by atoms with van der Waals surface area (Å²) in [6, 6.07) is 10.5. The van der Waals surface area contributed by atoms with Gasteiger partial charge in [-0.05, 0) is 49.6 Å². The predicted molar refractivity (Wildman–Crippen MR) is 114 cm³/mol. The SMILES string of the molecule is O=C1C2=C(Nc3[nH]c(=O)[nH]c(=O)c3[C@@H]2c2cc(Br)c(O)c(Br)c2)c2ccccc21. The van der Waals surface area contributed by atoms with Crippen molar-refractivity contribution in [2.45, 2.75) is 5.92 Å². The molecule has 2 aliphatic rings. The Balaban J connectivity index is 1.86. The number of carbonyl (C=O) groups excluding carboxylic acids is 1. The molecule has 3 aromatic rings. The molecule has 5 rings (SSSR count). The first kappa shape index (κ1) is 18.1. The molecular weight excluding hydrogens is 506 g/mol. The number of fused-ring (bicyclic) bond motifs is 3. The molecule has 7 nitrogen and oxygen atoms in total. The fourth-order valence-corrected chi connectivity index (χ4v) is 5.16. The number of anilines is 1. The lowest BCUT2D eigenvalue weighted by atomic mass is 9.81. The number of Topliss-reactive ketones (excluding diaryl/α,β-unsaturated/α-hetero) is 1. The van der Waals surface area contributed by atoms with E-state index in [1.54, 1.807) is 24.3 Å². The number of H-pyrrole nitrogens is 2. The van der Waals surface area contributed by atoms with Gasteiger partial charge in [0.25, 0.3) is 5.56 Å². The Morgan fingerprint density at radius 3 is 2.28 bits per heavy atom. The van der Waals surface area contributed by atoms with Crippen LogP contribution in [0, 0.1) is 0 Å². The number of rotatable bonds is 1. The van der Waals surface area contributed by atoms with Crippen molar-refractivity contribution in [3.63, 3.8) is 0 Å². The summed E-state index contributed by atoms with van der Waals surface area (Å²) < 4.78 is 0.820. The van der Waals surface area contributed by atoms with Gasteiger partial charge < -0.3 is 10.4 Å². The van der Waals surface area contributed by atoms with Crippen LogP contribution < -0.4 is 16.6 Å². The van der Waals surface area contributed by atoms with Crippen molar-refractivity contribution in [1.29, 1.82) is 0 Å². The molecule has 2 aromatic carbocycles. The molecule has 4 N–H and O–H groups in total. The zero-order valence-corrected chi connectivity index (χ0v) is 17.6. The third-order valence-corrected chi connectivity index (χ3v) is 6.34. The monoisotopic (exact) mass is 515 g/mol. The van der Waals surface area contributed by atoms with Gasteiger partial charge in [0.2, 0.25) is 0 Å². The van der Waals surface area contributed by atoms with Gasteiger partial charge in [-0.2, -0.15) is 0 Å². The van der Waals surface area contributed by atoms with Crippen molar-refractivity contribution in [2.75, 3.05) is 5.32 Å². The highest BCUT2D eigenvalue weighted by molar-refractivity contribution is 9.11. The number of carbonyl (C=O) groups is 1. The first-order valence-corrected chi connectivity index (χ1v) is 10.1. The molecule has 0 radical (unpaired) electrons. The van der Waals surface area contributed by atoms with Crippen LogP contribution in [0.3, 0.4) is 0 Å². The molecule has 29 heavy (non-hydrogen) atoms. The van der Waals surface area contributed by atoms with Crippen LogP contribution in [0.4, 0.5) is 5.82 Å². The van der Waals surface area contributed by atoms with Crippen molar-refractivity contribution >= 4 is 49.2 Å². The molecule has 1 aliphatic carbocycles. The summed E-state index contributed by atoms with van der Waals surface area (Å²) in [5.74, 6) is -0.680. The minimum absolute atomic E-state index is 0.00789. The molecule has 0 bridgehead atoms. The van der Waals surface area contributed by atoms with Gasteiger partial charge in [-0.3, -0.25) is 19.6 Å². The largest absolute Gasteiger partial charge is 0.506 e. The molecule has 0 saturated carbocycles. The topological polar surface area (TPSA) is 115 Å². The lowest BCUT2D eigenvalue weighted by Gasteiger charge is -2.27. The van der Waals surface area contributed by atoms with Crippen LogP contribution in [-0.4, -0.2) is 20.9 Å². The van der Waals surface area contributed by atoms with Crippen molar-refractivity contribution in [3.05, 3.63) is 94.0 Å². The van der Waals surface area contributed by atoms with E-state index in [1.165, 1.54) is 0 Å². The molecule has 0 spiro atoms. The highest BCUT2D eigenvalue weighted by atomic mass is 79.9. The Morgan fingerprint density at radius 2 is 1.59 bits per heavy atom.